The van der Waals surface area contributed by atoms with Crippen molar-refractivity contribution in [3.63, 3.8) is 0 Å². The van der Waals surface area contributed by atoms with Crippen LogP contribution in [-0.2, 0) is 30.8 Å². The highest BCUT2D eigenvalue weighted by Crippen LogP contribution is 2.27. The molecule has 1 rings (SSSR count). The Labute approximate surface area is 131 Å². The van der Waals surface area contributed by atoms with Crippen LogP contribution in [0.3, 0.4) is 0 Å². The predicted octanol–water partition coefficient (Wildman–Crippen LogP) is 2.04. The zero-order valence-electron chi connectivity index (χ0n) is 12.3. The number of benzene rings is 1. The first-order valence-electron chi connectivity index (χ1n) is 6.40. The zero-order chi connectivity index (χ0) is 17.7. The highest BCUT2D eigenvalue weighted by molar-refractivity contribution is 7.87. The van der Waals surface area contributed by atoms with Crippen molar-refractivity contribution in [1.82, 2.24) is 0 Å². The van der Waals surface area contributed by atoms with E-state index in [2.05, 4.69) is 4.18 Å². The van der Waals surface area contributed by atoms with Gasteiger partial charge in [0.1, 0.15) is 5.75 Å². The summed E-state index contributed by atoms with van der Waals surface area (Å²) in [5.41, 5.74) is -4.97. The smallest absolute Gasteiger partial charge is 0.464 e. The number of halogens is 3. The molecule has 23 heavy (non-hydrogen) atoms. The summed E-state index contributed by atoms with van der Waals surface area (Å²) in [6.45, 7) is 1.82. The van der Waals surface area contributed by atoms with Crippen LogP contribution in [0.4, 0.5) is 13.2 Å². The minimum atomic E-state index is -5.71. The average molecular weight is 356 g/mol. The molecule has 130 valence electrons. The first kappa shape index (κ1) is 19.2. The highest BCUT2D eigenvalue weighted by atomic mass is 32.2. The van der Waals surface area contributed by atoms with Crippen LogP contribution >= 0.6 is 0 Å². The van der Waals surface area contributed by atoms with Crippen LogP contribution in [0.1, 0.15) is 12.5 Å². The van der Waals surface area contributed by atoms with Gasteiger partial charge in [-0.25, -0.2) is 4.79 Å². The Morgan fingerprint density at radius 1 is 1.22 bits per heavy atom. The van der Waals surface area contributed by atoms with E-state index in [1.807, 2.05) is 0 Å². The maximum absolute atomic E-state index is 12.2. The fourth-order valence-corrected chi connectivity index (χ4v) is 2.03. The molecule has 1 unspecified atom stereocenters. The van der Waals surface area contributed by atoms with E-state index in [1.54, 1.807) is 6.92 Å². The van der Waals surface area contributed by atoms with Gasteiger partial charge in [0.15, 0.2) is 6.10 Å². The Hall–Kier alpha value is -1.81. The van der Waals surface area contributed by atoms with Crippen LogP contribution in [0.25, 0.3) is 0 Å². The summed E-state index contributed by atoms with van der Waals surface area (Å²) in [7, 11) is -4.40. The SMILES string of the molecule is CCOC(=O)C(Cc1ccc(OS(=O)(=O)C(F)(F)F)cc1)OC. The third-order valence-corrected chi connectivity index (χ3v) is 3.65. The van der Waals surface area contributed by atoms with Crippen molar-refractivity contribution in [2.75, 3.05) is 13.7 Å². The molecule has 0 saturated carbocycles. The molecular formula is C13H15F3O6S. The van der Waals surface area contributed by atoms with Gasteiger partial charge < -0.3 is 13.7 Å². The van der Waals surface area contributed by atoms with Crippen LogP contribution in [0.2, 0.25) is 0 Å². The first-order chi connectivity index (χ1) is 10.6. The van der Waals surface area contributed by atoms with Crippen LogP contribution < -0.4 is 4.18 Å². The summed E-state index contributed by atoms with van der Waals surface area (Å²) < 4.78 is 72.1. The van der Waals surface area contributed by atoms with Crippen molar-refractivity contribution in [2.45, 2.75) is 25.0 Å². The molecule has 0 amide bonds. The van der Waals surface area contributed by atoms with E-state index in [1.165, 1.54) is 19.2 Å². The third kappa shape index (κ3) is 5.39. The van der Waals surface area contributed by atoms with E-state index in [0.29, 0.717) is 5.56 Å². The Kier molecular flexibility index (Phi) is 6.39. The van der Waals surface area contributed by atoms with E-state index in [4.69, 9.17) is 9.47 Å². The molecule has 0 saturated heterocycles. The van der Waals surface area contributed by atoms with Crippen molar-refractivity contribution < 1.29 is 40.0 Å². The third-order valence-electron chi connectivity index (χ3n) is 2.67. The monoisotopic (exact) mass is 356 g/mol. The minimum absolute atomic E-state index is 0.113. The lowest BCUT2D eigenvalue weighted by Gasteiger charge is -2.14. The molecule has 0 bridgehead atoms. The minimum Gasteiger partial charge on any atom is -0.464 e. The molecule has 0 radical (unpaired) electrons. The largest absolute Gasteiger partial charge is 0.534 e. The van der Waals surface area contributed by atoms with Gasteiger partial charge in [0.2, 0.25) is 0 Å². The maximum Gasteiger partial charge on any atom is 0.534 e. The number of carbonyl (C=O) groups is 1. The van der Waals surface area contributed by atoms with Crippen LogP contribution in [0.5, 0.6) is 5.75 Å². The Morgan fingerprint density at radius 3 is 2.22 bits per heavy atom. The standard InChI is InChI=1S/C13H15F3O6S/c1-3-21-12(17)11(20-2)8-9-4-6-10(7-5-9)22-23(18,19)13(14,15)16/h4-7,11H,3,8H2,1-2H3. The van der Waals surface area contributed by atoms with Gasteiger partial charge in [-0.05, 0) is 24.6 Å². The molecule has 0 aromatic heterocycles. The molecule has 0 N–H and O–H groups in total. The lowest BCUT2D eigenvalue weighted by atomic mass is 10.1. The van der Waals surface area contributed by atoms with Crippen molar-refractivity contribution in [3.05, 3.63) is 29.8 Å². The van der Waals surface area contributed by atoms with E-state index in [9.17, 15) is 26.4 Å². The Morgan fingerprint density at radius 2 is 1.78 bits per heavy atom. The Balaban J connectivity index is 2.79. The van der Waals surface area contributed by atoms with Gasteiger partial charge >= 0.3 is 21.6 Å². The molecule has 0 aliphatic rings. The molecule has 1 aromatic rings. The Bertz CT molecular complexity index is 624. The molecule has 6 nitrogen and oxygen atoms in total. The van der Waals surface area contributed by atoms with Gasteiger partial charge in [-0.3, -0.25) is 0 Å². The number of esters is 1. The zero-order valence-corrected chi connectivity index (χ0v) is 13.1. The van der Waals surface area contributed by atoms with E-state index >= 15 is 0 Å². The van der Waals surface area contributed by atoms with Crippen LogP contribution in [0.15, 0.2) is 24.3 Å². The fraction of sp³-hybridized carbons (Fsp3) is 0.462. The highest BCUT2D eigenvalue weighted by Gasteiger charge is 2.48. The average Bonchev–Trinajstić information content (AvgIpc) is 2.45. The number of hydrogen-bond acceptors (Lipinski definition) is 6. The number of hydrogen-bond donors (Lipinski definition) is 0. The van der Waals surface area contributed by atoms with E-state index in [0.717, 1.165) is 12.1 Å². The predicted molar refractivity (Wildman–Crippen MR) is 73.2 cm³/mol. The number of rotatable bonds is 7. The van der Waals surface area contributed by atoms with Crippen molar-refractivity contribution >= 4 is 16.1 Å². The number of alkyl halides is 3. The molecule has 0 aliphatic heterocycles. The maximum atomic E-state index is 12.2. The van der Waals surface area contributed by atoms with E-state index < -0.39 is 33.4 Å². The molecule has 0 heterocycles. The van der Waals surface area contributed by atoms with Crippen molar-refractivity contribution in [1.29, 1.82) is 0 Å². The van der Waals surface area contributed by atoms with Gasteiger partial charge in [0.05, 0.1) is 6.61 Å². The van der Waals surface area contributed by atoms with Gasteiger partial charge in [0, 0.05) is 13.5 Å². The quantitative estimate of drug-likeness (QED) is 0.423. The van der Waals surface area contributed by atoms with Gasteiger partial charge in [0.25, 0.3) is 0 Å². The van der Waals surface area contributed by atoms with Gasteiger partial charge in [-0.1, -0.05) is 12.1 Å². The topological polar surface area (TPSA) is 78.9 Å². The van der Waals surface area contributed by atoms with Gasteiger partial charge in [-0.15, -0.1) is 0 Å². The molecule has 1 atom stereocenters. The lowest BCUT2D eigenvalue weighted by molar-refractivity contribution is -0.154. The summed E-state index contributed by atoms with van der Waals surface area (Å²) in [5.74, 6) is -1.06. The molecule has 0 fully saturated rings. The van der Waals surface area contributed by atoms with E-state index in [-0.39, 0.29) is 13.0 Å². The first-order valence-corrected chi connectivity index (χ1v) is 7.80. The van der Waals surface area contributed by atoms with Crippen molar-refractivity contribution in [2.24, 2.45) is 0 Å². The molecule has 0 spiro atoms. The molecule has 0 aliphatic carbocycles. The summed E-state index contributed by atoms with van der Waals surface area (Å²) in [5, 5.41) is 0. The number of methoxy groups -OCH3 is 1. The van der Waals surface area contributed by atoms with Crippen molar-refractivity contribution in [3.8, 4) is 5.75 Å². The summed E-state index contributed by atoms with van der Waals surface area (Å²) >= 11 is 0. The summed E-state index contributed by atoms with van der Waals surface area (Å²) in [6, 6.07) is 4.76. The summed E-state index contributed by atoms with van der Waals surface area (Å²) in [6.07, 6.45) is -0.762. The van der Waals surface area contributed by atoms with Crippen LogP contribution in [-0.4, -0.2) is 39.7 Å². The van der Waals surface area contributed by atoms with Crippen LogP contribution in [0, 0.1) is 0 Å². The second-order valence-electron chi connectivity index (χ2n) is 4.31. The molecule has 10 heteroatoms. The fourth-order valence-electron chi connectivity index (χ4n) is 1.57. The van der Waals surface area contributed by atoms with Gasteiger partial charge in [-0.2, -0.15) is 21.6 Å². The molecule has 1 aromatic carbocycles. The molecular weight excluding hydrogens is 341 g/mol. The lowest BCUT2D eigenvalue weighted by Crippen LogP contribution is -2.28. The number of ether oxygens (including phenoxy) is 2. The second-order valence-corrected chi connectivity index (χ2v) is 5.85. The number of carbonyl (C=O) groups excluding carboxylic acids is 1. The normalized spacial score (nSPS) is 13.4. The summed E-state index contributed by atoms with van der Waals surface area (Å²) in [4.78, 5) is 11.6. The second kappa shape index (κ2) is 7.64.